The molecule has 0 aliphatic carbocycles. The van der Waals surface area contributed by atoms with Crippen molar-refractivity contribution in [2.75, 3.05) is 26.2 Å². The Labute approximate surface area is 194 Å². The van der Waals surface area contributed by atoms with Gasteiger partial charge in [-0.1, -0.05) is 12.5 Å². The van der Waals surface area contributed by atoms with Crippen LogP contribution in [-0.4, -0.2) is 42.0 Å². The van der Waals surface area contributed by atoms with Gasteiger partial charge in [-0.05, 0) is 69.3 Å². The zero-order valence-corrected chi connectivity index (χ0v) is 19.0. The third kappa shape index (κ3) is 6.14. The Morgan fingerprint density at radius 3 is 2.73 bits per heavy atom. The van der Waals surface area contributed by atoms with Gasteiger partial charge >= 0.3 is 0 Å². The first-order valence-corrected chi connectivity index (χ1v) is 11.6. The van der Waals surface area contributed by atoms with Crippen LogP contribution in [0.5, 0.6) is 11.5 Å². The summed E-state index contributed by atoms with van der Waals surface area (Å²) < 4.78 is 17.4. The summed E-state index contributed by atoms with van der Waals surface area (Å²) in [6.45, 7) is 5.27. The number of amides is 1. The van der Waals surface area contributed by atoms with Gasteiger partial charge in [-0.2, -0.15) is 0 Å². The number of furan rings is 1. The van der Waals surface area contributed by atoms with E-state index in [2.05, 4.69) is 15.2 Å². The largest absolute Gasteiger partial charge is 0.490 e. The molecular weight excluding hydrogens is 418 g/mol. The summed E-state index contributed by atoms with van der Waals surface area (Å²) in [4.78, 5) is 19.5. The summed E-state index contributed by atoms with van der Waals surface area (Å²) in [6, 6.07) is 13.0. The number of likely N-dealkylation sites (tertiary alicyclic amines) is 1. The van der Waals surface area contributed by atoms with Crippen LogP contribution in [0.25, 0.3) is 0 Å². The summed E-state index contributed by atoms with van der Waals surface area (Å²) in [6.07, 6.45) is 8.77. The Bertz CT molecular complexity index is 1000. The molecule has 0 radical (unpaired) electrons. The van der Waals surface area contributed by atoms with Crippen LogP contribution in [0.4, 0.5) is 0 Å². The number of hydrogen-bond donors (Lipinski definition) is 1. The van der Waals surface area contributed by atoms with Crippen molar-refractivity contribution in [3.63, 3.8) is 0 Å². The van der Waals surface area contributed by atoms with Gasteiger partial charge in [0.2, 0.25) is 0 Å². The Balaban J connectivity index is 1.42. The minimum absolute atomic E-state index is 0.0256. The van der Waals surface area contributed by atoms with Gasteiger partial charge in [0.05, 0.1) is 18.9 Å². The minimum atomic E-state index is -0.150. The van der Waals surface area contributed by atoms with Crippen LogP contribution in [0.15, 0.2) is 65.5 Å². The molecule has 1 N–H and O–H groups in total. The first-order chi connectivity index (χ1) is 16.2. The highest BCUT2D eigenvalue weighted by molar-refractivity contribution is 5.94. The number of benzene rings is 1. The number of ether oxygens (including phenoxy) is 2. The average Bonchev–Trinajstić information content (AvgIpc) is 3.39. The number of piperidine rings is 1. The van der Waals surface area contributed by atoms with Crippen LogP contribution in [-0.2, 0) is 6.61 Å². The second-order valence-electron chi connectivity index (χ2n) is 8.08. The van der Waals surface area contributed by atoms with E-state index in [1.54, 1.807) is 36.9 Å². The monoisotopic (exact) mass is 449 g/mol. The lowest BCUT2D eigenvalue weighted by Gasteiger charge is -2.33. The number of carbonyl (C=O) groups excluding carboxylic acids is 1. The fraction of sp³-hybridized carbons (Fsp3) is 0.385. The highest BCUT2D eigenvalue weighted by atomic mass is 16.5. The lowest BCUT2D eigenvalue weighted by molar-refractivity contribution is 0.0913. The van der Waals surface area contributed by atoms with Crippen LogP contribution in [0, 0.1) is 0 Å². The van der Waals surface area contributed by atoms with E-state index in [-0.39, 0.29) is 11.9 Å². The van der Waals surface area contributed by atoms with Crippen LogP contribution in [0.1, 0.15) is 53.9 Å². The van der Waals surface area contributed by atoms with E-state index in [0.717, 1.165) is 24.4 Å². The van der Waals surface area contributed by atoms with Gasteiger partial charge in [-0.25, -0.2) is 0 Å². The Hall–Kier alpha value is -3.32. The van der Waals surface area contributed by atoms with Crippen LogP contribution in [0.3, 0.4) is 0 Å². The molecule has 0 spiro atoms. The molecule has 3 aromatic rings. The average molecular weight is 450 g/mol. The second-order valence-corrected chi connectivity index (χ2v) is 8.08. The van der Waals surface area contributed by atoms with E-state index in [4.69, 9.17) is 13.9 Å². The SMILES string of the molecule is CCOc1cc(C(=O)NCC(c2ccco2)N2CCCCC2)ccc1OCc1cccnc1. The molecule has 174 valence electrons. The Kier molecular flexibility index (Phi) is 7.98. The minimum Gasteiger partial charge on any atom is -0.490 e. The van der Waals surface area contributed by atoms with Crippen molar-refractivity contribution in [2.24, 2.45) is 0 Å². The second kappa shape index (κ2) is 11.5. The summed E-state index contributed by atoms with van der Waals surface area (Å²) >= 11 is 0. The zero-order valence-electron chi connectivity index (χ0n) is 19.0. The van der Waals surface area contributed by atoms with E-state index >= 15 is 0 Å². The fourth-order valence-electron chi connectivity index (χ4n) is 4.09. The first-order valence-electron chi connectivity index (χ1n) is 11.6. The van der Waals surface area contributed by atoms with Crippen molar-refractivity contribution < 1.29 is 18.7 Å². The predicted molar refractivity (Wildman–Crippen MR) is 125 cm³/mol. The van der Waals surface area contributed by atoms with Crippen LogP contribution >= 0.6 is 0 Å². The molecule has 1 saturated heterocycles. The van der Waals surface area contributed by atoms with Crippen LogP contribution < -0.4 is 14.8 Å². The quantitative estimate of drug-likeness (QED) is 0.487. The predicted octanol–water partition coefficient (Wildman–Crippen LogP) is 4.61. The van der Waals surface area contributed by atoms with E-state index in [1.165, 1.54) is 19.3 Å². The molecule has 4 rings (SSSR count). The fourth-order valence-corrected chi connectivity index (χ4v) is 4.09. The number of nitrogens with zero attached hydrogens (tertiary/aromatic N) is 2. The topological polar surface area (TPSA) is 76.8 Å². The molecule has 1 aliphatic rings. The van der Waals surface area contributed by atoms with Gasteiger partial charge < -0.3 is 19.2 Å². The molecule has 1 unspecified atom stereocenters. The lowest BCUT2D eigenvalue weighted by Crippen LogP contribution is -2.40. The van der Waals surface area contributed by atoms with Gasteiger partial charge in [0.1, 0.15) is 12.4 Å². The van der Waals surface area contributed by atoms with E-state index < -0.39 is 0 Å². The molecule has 3 heterocycles. The normalized spacial score (nSPS) is 15.1. The third-order valence-corrected chi connectivity index (χ3v) is 5.78. The molecule has 2 aromatic heterocycles. The van der Waals surface area contributed by atoms with Crippen molar-refractivity contribution >= 4 is 5.91 Å². The van der Waals surface area contributed by atoms with Crippen LogP contribution in [0.2, 0.25) is 0 Å². The van der Waals surface area contributed by atoms with E-state index in [9.17, 15) is 4.79 Å². The molecule has 33 heavy (non-hydrogen) atoms. The van der Waals surface area contributed by atoms with Gasteiger partial charge in [0.15, 0.2) is 11.5 Å². The molecular formula is C26H31N3O4. The maximum atomic E-state index is 13.0. The van der Waals surface area contributed by atoms with Crippen molar-refractivity contribution in [3.8, 4) is 11.5 Å². The lowest BCUT2D eigenvalue weighted by atomic mass is 10.1. The Morgan fingerprint density at radius 1 is 1.12 bits per heavy atom. The van der Waals surface area contributed by atoms with Crippen molar-refractivity contribution in [3.05, 3.63) is 78.0 Å². The molecule has 7 heteroatoms. The van der Waals surface area contributed by atoms with Crippen molar-refractivity contribution in [1.29, 1.82) is 0 Å². The number of rotatable bonds is 10. The van der Waals surface area contributed by atoms with Gasteiger partial charge in [0.25, 0.3) is 5.91 Å². The van der Waals surface area contributed by atoms with Gasteiger partial charge in [-0.15, -0.1) is 0 Å². The Morgan fingerprint density at radius 2 is 2.00 bits per heavy atom. The number of aromatic nitrogens is 1. The molecule has 0 bridgehead atoms. The molecule has 1 aromatic carbocycles. The number of hydrogen-bond acceptors (Lipinski definition) is 6. The summed E-state index contributed by atoms with van der Waals surface area (Å²) in [5.41, 5.74) is 1.49. The van der Waals surface area contributed by atoms with Crippen molar-refractivity contribution in [1.82, 2.24) is 15.2 Å². The molecule has 1 aliphatic heterocycles. The van der Waals surface area contributed by atoms with Gasteiger partial charge in [0, 0.05) is 30.1 Å². The molecule has 1 amide bonds. The van der Waals surface area contributed by atoms with E-state index in [1.807, 2.05) is 31.2 Å². The standard InChI is InChI=1S/C26H31N3O4/c1-2-31-25-16-21(10-11-24(25)33-19-20-8-6-12-27-17-20)26(30)28-18-22(23-9-7-15-32-23)29-13-4-3-5-14-29/h6-12,15-17,22H,2-5,13-14,18-19H2,1H3,(H,28,30). The zero-order chi connectivity index (χ0) is 22.9. The maximum Gasteiger partial charge on any atom is 0.251 e. The number of nitrogens with one attached hydrogen (secondary N) is 1. The van der Waals surface area contributed by atoms with Gasteiger partial charge in [-0.3, -0.25) is 14.7 Å². The highest BCUT2D eigenvalue weighted by Crippen LogP contribution is 2.30. The maximum absolute atomic E-state index is 13.0. The summed E-state index contributed by atoms with van der Waals surface area (Å²) in [7, 11) is 0. The highest BCUT2D eigenvalue weighted by Gasteiger charge is 2.25. The third-order valence-electron chi connectivity index (χ3n) is 5.78. The van der Waals surface area contributed by atoms with Crippen molar-refractivity contribution in [2.45, 2.75) is 38.8 Å². The molecule has 1 fully saturated rings. The molecule has 1 atom stereocenters. The number of carbonyl (C=O) groups is 1. The first kappa shape index (κ1) is 22.9. The smallest absolute Gasteiger partial charge is 0.251 e. The molecule has 7 nitrogen and oxygen atoms in total. The summed E-state index contributed by atoms with van der Waals surface area (Å²) in [5.74, 6) is 1.88. The van der Waals surface area contributed by atoms with E-state index in [0.29, 0.717) is 36.8 Å². The summed E-state index contributed by atoms with van der Waals surface area (Å²) in [5, 5.41) is 3.09. The number of pyridine rings is 1. The molecule has 0 saturated carbocycles.